The third-order valence-electron chi connectivity index (χ3n) is 5.71. The van der Waals surface area contributed by atoms with Gasteiger partial charge in [0.25, 0.3) is 0 Å². The SMILES string of the molecule is O=C1Nc2ccccc2CCC1N1CCC(c2ccnn2CCO)CC1. The summed E-state index contributed by atoms with van der Waals surface area (Å²) in [6.45, 7) is 2.50. The van der Waals surface area contributed by atoms with Crippen LogP contribution >= 0.6 is 0 Å². The Labute approximate surface area is 153 Å². The molecule has 0 bridgehead atoms. The molecular weight excluding hydrogens is 328 g/mol. The summed E-state index contributed by atoms with van der Waals surface area (Å²) >= 11 is 0. The lowest BCUT2D eigenvalue weighted by molar-refractivity contribution is -0.121. The third kappa shape index (κ3) is 3.39. The number of rotatable bonds is 4. The highest BCUT2D eigenvalue weighted by atomic mass is 16.3. The van der Waals surface area contributed by atoms with E-state index in [1.54, 1.807) is 0 Å². The molecular formula is C20H26N4O2. The van der Waals surface area contributed by atoms with Gasteiger partial charge in [-0.25, -0.2) is 0 Å². The van der Waals surface area contributed by atoms with Gasteiger partial charge in [0.1, 0.15) is 0 Å². The first kappa shape index (κ1) is 17.2. The summed E-state index contributed by atoms with van der Waals surface area (Å²) in [5, 5.41) is 16.6. The maximum atomic E-state index is 12.7. The summed E-state index contributed by atoms with van der Waals surface area (Å²) in [5.74, 6) is 0.574. The molecule has 26 heavy (non-hydrogen) atoms. The molecule has 6 nitrogen and oxygen atoms in total. The molecule has 1 unspecified atom stereocenters. The Kier molecular flexibility index (Phi) is 5.04. The van der Waals surface area contributed by atoms with E-state index in [1.165, 1.54) is 11.3 Å². The molecule has 1 amide bonds. The monoisotopic (exact) mass is 354 g/mol. The molecule has 2 N–H and O–H groups in total. The highest BCUT2D eigenvalue weighted by Crippen LogP contribution is 2.31. The van der Waals surface area contributed by atoms with Crippen LogP contribution in [0.2, 0.25) is 0 Å². The molecule has 0 radical (unpaired) electrons. The second-order valence-electron chi connectivity index (χ2n) is 7.21. The van der Waals surface area contributed by atoms with Gasteiger partial charge in [0.2, 0.25) is 5.91 Å². The third-order valence-corrected chi connectivity index (χ3v) is 5.71. The molecule has 0 spiro atoms. The fourth-order valence-electron chi connectivity index (χ4n) is 4.33. The van der Waals surface area contributed by atoms with Crippen molar-refractivity contribution >= 4 is 11.6 Å². The number of nitrogens with one attached hydrogen (secondary N) is 1. The largest absolute Gasteiger partial charge is 0.394 e. The first-order valence-electron chi connectivity index (χ1n) is 9.51. The number of aliphatic hydroxyl groups is 1. The predicted octanol–water partition coefficient (Wildman–Crippen LogP) is 2.01. The number of anilines is 1. The summed E-state index contributed by atoms with van der Waals surface area (Å²) < 4.78 is 1.91. The molecule has 1 fully saturated rings. The first-order valence-corrected chi connectivity index (χ1v) is 9.51. The Morgan fingerprint density at radius 1 is 1.15 bits per heavy atom. The van der Waals surface area contributed by atoms with Gasteiger partial charge in [0, 0.05) is 23.5 Å². The molecule has 2 aromatic rings. The van der Waals surface area contributed by atoms with Crippen LogP contribution in [0.25, 0.3) is 0 Å². The van der Waals surface area contributed by atoms with E-state index in [-0.39, 0.29) is 18.6 Å². The van der Waals surface area contributed by atoms with Gasteiger partial charge >= 0.3 is 0 Å². The van der Waals surface area contributed by atoms with Crippen molar-refractivity contribution in [3.63, 3.8) is 0 Å². The molecule has 138 valence electrons. The van der Waals surface area contributed by atoms with E-state index in [9.17, 15) is 9.90 Å². The van der Waals surface area contributed by atoms with E-state index >= 15 is 0 Å². The number of hydrogen-bond acceptors (Lipinski definition) is 4. The van der Waals surface area contributed by atoms with E-state index in [0.717, 1.165) is 44.5 Å². The normalized spacial score (nSPS) is 21.9. The molecule has 4 rings (SSSR count). The maximum absolute atomic E-state index is 12.7. The Hall–Kier alpha value is -2.18. The van der Waals surface area contributed by atoms with Gasteiger partial charge < -0.3 is 10.4 Å². The van der Waals surface area contributed by atoms with Gasteiger partial charge in [0.15, 0.2) is 0 Å². The van der Waals surface area contributed by atoms with Crippen molar-refractivity contribution in [1.29, 1.82) is 0 Å². The number of aryl methyl sites for hydroxylation is 1. The standard InChI is InChI=1S/C20H26N4O2/c25-14-13-24-18(7-10-21-24)16-8-11-23(12-9-16)19-6-5-15-3-1-2-4-17(15)22-20(19)26/h1-4,7,10,16,19,25H,5-6,8-9,11-14H2,(H,22,26). The summed E-state index contributed by atoms with van der Waals surface area (Å²) in [7, 11) is 0. The number of aromatic nitrogens is 2. The number of para-hydroxylation sites is 1. The highest BCUT2D eigenvalue weighted by Gasteiger charge is 2.32. The van der Waals surface area contributed by atoms with Gasteiger partial charge in [-0.15, -0.1) is 0 Å². The Morgan fingerprint density at radius 3 is 2.77 bits per heavy atom. The molecule has 0 aliphatic carbocycles. The molecule has 6 heteroatoms. The van der Waals surface area contributed by atoms with Crippen LogP contribution < -0.4 is 5.32 Å². The van der Waals surface area contributed by atoms with Crippen molar-refractivity contribution in [3.05, 3.63) is 47.8 Å². The highest BCUT2D eigenvalue weighted by molar-refractivity contribution is 5.96. The quantitative estimate of drug-likeness (QED) is 0.881. The van der Waals surface area contributed by atoms with Crippen LogP contribution in [0, 0.1) is 0 Å². The number of amides is 1. The molecule has 1 aromatic carbocycles. The fraction of sp³-hybridized carbons (Fsp3) is 0.500. The fourth-order valence-corrected chi connectivity index (χ4v) is 4.33. The number of carbonyl (C=O) groups excluding carboxylic acids is 1. The Balaban J connectivity index is 1.40. The molecule has 3 heterocycles. The Morgan fingerprint density at radius 2 is 1.96 bits per heavy atom. The number of benzene rings is 1. The zero-order valence-electron chi connectivity index (χ0n) is 15.0. The average Bonchev–Trinajstić information content (AvgIpc) is 3.05. The van der Waals surface area contributed by atoms with Gasteiger partial charge in [-0.1, -0.05) is 18.2 Å². The van der Waals surface area contributed by atoms with Crippen LogP contribution in [0.3, 0.4) is 0 Å². The number of hydrogen-bond donors (Lipinski definition) is 2. The van der Waals surface area contributed by atoms with E-state index in [0.29, 0.717) is 12.5 Å². The lowest BCUT2D eigenvalue weighted by Gasteiger charge is -2.36. The summed E-state index contributed by atoms with van der Waals surface area (Å²) in [5.41, 5.74) is 3.39. The number of likely N-dealkylation sites (tertiary alicyclic amines) is 1. The number of fused-ring (bicyclic) bond motifs is 1. The van der Waals surface area contributed by atoms with Crippen molar-refractivity contribution in [3.8, 4) is 0 Å². The van der Waals surface area contributed by atoms with Gasteiger partial charge in [-0.2, -0.15) is 5.10 Å². The second kappa shape index (κ2) is 7.60. The van der Waals surface area contributed by atoms with Crippen LogP contribution in [-0.2, 0) is 17.8 Å². The molecule has 1 saturated heterocycles. The van der Waals surface area contributed by atoms with Crippen LogP contribution in [0.4, 0.5) is 5.69 Å². The topological polar surface area (TPSA) is 70.4 Å². The molecule has 2 aliphatic heterocycles. The number of aliphatic hydroxyl groups excluding tert-OH is 1. The van der Waals surface area contributed by atoms with Crippen molar-refractivity contribution in [1.82, 2.24) is 14.7 Å². The van der Waals surface area contributed by atoms with Crippen LogP contribution in [0.15, 0.2) is 36.5 Å². The molecule has 2 aliphatic rings. The van der Waals surface area contributed by atoms with E-state index in [4.69, 9.17) is 0 Å². The first-order chi connectivity index (χ1) is 12.8. The number of carbonyl (C=O) groups is 1. The van der Waals surface area contributed by atoms with Crippen molar-refractivity contribution in [2.24, 2.45) is 0 Å². The molecule has 1 atom stereocenters. The summed E-state index contributed by atoms with van der Waals surface area (Å²) in [6, 6.07) is 10.1. The number of piperidine rings is 1. The van der Waals surface area contributed by atoms with Gasteiger partial charge in [-0.05, 0) is 56.5 Å². The molecule has 1 aromatic heterocycles. The smallest absolute Gasteiger partial charge is 0.241 e. The summed E-state index contributed by atoms with van der Waals surface area (Å²) in [4.78, 5) is 15.1. The van der Waals surface area contributed by atoms with Gasteiger partial charge in [-0.3, -0.25) is 14.4 Å². The average molecular weight is 354 g/mol. The minimum atomic E-state index is -0.0503. The predicted molar refractivity (Wildman–Crippen MR) is 100 cm³/mol. The van der Waals surface area contributed by atoms with Crippen molar-refractivity contribution < 1.29 is 9.90 Å². The van der Waals surface area contributed by atoms with Crippen molar-refractivity contribution in [2.45, 2.75) is 44.2 Å². The lowest BCUT2D eigenvalue weighted by Crippen LogP contribution is -2.47. The maximum Gasteiger partial charge on any atom is 0.241 e. The summed E-state index contributed by atoms with van der Waals surface area (Å²) in [6.07, 6.45) is 5.66. The molecule has 0 saturated carbocycles. The Bertz CT molecular complexity index is 765. The second-order valence-corrected chi connectivity index (χ2v) is 7.21. The minimum absolute atomic E-state index is 0.0503. The minimum Gasteiger partial charge on any atom is -0.394 e. The van der Waals surface area contributed by atoms with Crippen LogP contribution in [0.5, 0.6) is 0 Å². The zero-order chi connectivity index (χ0) is 17.9. The lowest BCUT2D eigenvalue weighted by atomic mass is 9.91. The van der Waals surface area contributed by atoms with Crippen molar-refractivity contribution in [2.75, 3.05) is 25.0 Å². The van der Waals surface area contributed by atoms with E-state index < -0.39 is 0 Å². The van der Waals surface area contributed by atoms with Crippen LogP contribution in [0.1, 0.15) is 36.4 Å². The van der Waals surface area contributed by atoms with Crippen LogP contribution in [-0.4, -0.2) is 51.4 Å². The van der Waals surface area contributed by atoms with E-state index in [1.807, 2.05) is 29.1 Å². The number of nitrogens with zero attached hydrogens (tertiary/aromatic N) is 3. The van der Waals surface area contributed by atoms with Gasteiger partial charge in [0.05, 0.1) is 19.2 Å². The zero-order valence-corrected chi connectivity index (χ0v) is 15.0. The van der Waals surface area contributed by atoms with E-state index in [2.05, 4.69) is 27.4 Å².